The van der Waals surface area contributed by atoms with Gasteiger partial charge >= 0.3 is 0 Å². The number of hydrogen-bond acceptors (Lipinski definition) is 2. The minimum absolute atomic E-state index is 0.141. The van der Waals surface area contributed by atoms with Crippen LogP contribution in [0.3, 0.4) is 0 Å². The van der Waals surface area contributed by atoms with E-state index in [1.807, 2.05) is 7.05 Å². The first-order valence-corrected chi connectivity index (χ1v) is 7.94. The fraction of sp³-hybridized carbons (Fsp3) is 0.533. The Labute approximate surface area is 126 Å². The lowest BCUT2D eigenvalue weighted by atomic mass is 9.79. The van der Waals surface area contributed by atoms with Crippen molar-refractivity contribution < 1.29 is 4.39 Å². The first-order valence-electron chi connectivity index (χ1n) is 7.14. The van der Waals surface area contributed by atoms with E-state index in [4.69, 9.17) is 0 Å². The van der Waals surface area contributed by atoms with Gasteiger partial charge in [0, 0.05) is 18.0 Å². The summed E-state index contributed by atoms with van der Waals surface area (Å²) < 4.78 is 14.0. The van der Waals surface area contributed by atoms with Crippen LogP contribution in [0.1, 0.15) is 37.9 Å². The number of aromatic nitrogens is 2. The Morgan fingerprint density at radius 1 is 1.35 bits per heavy atom. The molecule has 1 fully saturated rings. The van der Waals surface area contributed by atoms with Gasteiger partial charge in [0.15, 0.2) is 0 Å². The summed E-state index contributed by atoms with van der Waals surface area (Å²) >= 11 is 3.21. The topological polar surface area (TPSA) is 40.7 Å². The summed E-state index contributed by atoms with van der Waals surface area (Å²) in [5.74, 6) is 0.683. The molecule has 0 aliphatic heterocycles. The monoisotopic (exact) mass is 339 g/mol. The largest absolute Gasteiger partial charge is 0.342 e. The van der Waals surface area contributed by atoms with Crippen LogP contribution in [0, 0.1) is 5.82 Å². The normalized spacial score (nSPS) is 18.6. The number of benzene rings is 1. The second-order valence-corrected chi connectivity index (χ2v) is 6.59. The third-order valence-electron chi connectivity index (χ3n) is 4.42. The van der Waals surface area contributed by atoms with E-state index in [-0.39, 0.29) is 11.4 Å². The van der Waals surface area contributed by atoms with Crippen molar-refractivity contribution >= 4 is 27.0 Å². The lowest BCUT2D eigenvalue weighted by molar-refractivity contribution is 0.241. The van der Waals surface area contributed by atoms with E-state index >= 15 is 0 Å². The average molecular weight is 340 g/mol. The number of imidazole rings is 1. The molecule has 0 amide bonds. The molecule has 108 valence electrons. The van der Waals surface area contributed by atoms with Crippen LogP contribution >= 0.6 is 15.9 Å². The van der Waals surface area contributed by atoms with Crippen LogP contribution in [0.5, 0.6) is 0 Å². The fourth-order valence-electron chi connectivity index (χ4n) is 3.21. The van der Waals surface area contributed by atoms with E-state index < -0.39 is 0 Å². The molecule has 20 heavy (non-hydrogen) atoms. The van der Waals surface area contributed by atoms with E-state index in [1.165, 1.54) is 38.2 Å². The zero-order valence-electron chi connectivity index (χ0n) is 11.6. The number of H-pyrrole nitrogens is 1. The molecule has 0 unspecified atom stereocenters. The first kappa shape index (κ1) is 14.0. The molecule has 1 aromatic carbocycles. The van der Waals surface area contributed by atoms with Crippen LogP contribution in [0.25, 0.3) is 11.0 Å². The molecular formula is C15H19BrFN3. The lowest BCUT2D eigenvalue weighted by Gasteiger charge is -2.36. The quantitative estimate of drug-likeness (QED) is 0.889. The van der Waals surface area contributed by atoms with Gasteiger partial charge in [-0.15, -0.1) is 0 Å². The lowest BCUT2D eigenvalue weighted by Crippen LogP contribution is -2.46. The van der Waals surface area contributed by atoms with Crippen LogP contribution in [0.4, 0.5) is 4.39 Å². The van der Waals surface area contributed by atoms with E-state index in [1.54, 1.807) is 6.07 Å². The number of aromatic amines is 1. The van der Waals surface area contributed by atoms with Crippen molar-refractivity contribution in [1.82, 2.24) is 15.3 Å². The number of nitrogens with zero attached hydrogens (tertiary/aromatic N) is 1. The number of halogens is 2. The molecule has 0 radical (unpaired) electrons. The molecule has 1 aliphatic carbocycles. The van der Waals surface area contributed by atoms with Crippen LogP contribution in [0.2, 0.25) is 0 Å². The van der Waals surface area contributed by atoms with Crippen LogP contribution in [-0.2, 0) is 6.42 Å². The zero-order valence-corrected chi connectivity index (χ0v) is 13.2. The summed E-state index contributed by atoms with van der Waals surface area (Å²) in [5, 5.41) is 3.49. The van der Waals surface area contributed by atoms with Crippen LogP contribution in [0.15, 0.2) is 16.6 Å². The second-order valence-electron chi connectivity index (χ2n) is 5.73. The summed E-state index contributed by atoms with van der Waals surface area (Å²) in [6.45, 7) is 0. The number of fused-ring (bicyclic) bond motifs is 1. The third-order valence-corrected chi connectivity index (χ3v) is 5.03. The van der Waals surface area contributed by atoms with E-state index in [0.717, 1.165) is 23.3 Å². The van der Waals surface area contributed by atoms with E-state index in [2.05, 4.69) is 31.2 Å². The van der Waals surface area contributed by atoms with Crippen molar-refractivity contribution in [3.8, 4) is 0 Å². The molecule has 2 aromatic rings. The van der Waals surface area contributed by atoms with Gasteiger partial charge in [0.25, 0.3) is 0 Å². The molecule has 1 saturated carbocycles. The Morgan fingerprint density at radius 3 is 2.80 bits per heavy atom. The maximum atomic E-state index is 13.6. The molecule has 0 spiro atoms. The maximum Gasteiger partial charge on any atom is 0.139 e. The van der Waals surface area contributed by atoms with Gasteiger partial charge in [-0.25, -0.2) is 9.37 Å². The summed E-state index contributed by atoms with van der Waals surface area (Å²) in [6, 6.07) is 3.24. The fourth-order valence-corrected chi connectivity index (χ4v) is 3.54. The molecule has 3 rings (SSSR count). The highest BCUT2D eigenvalue weighted by atomic mass is 79.9. The standard InChI is InChI=1S/C15H19BrFN3/c1-18-15(5-3-2-4-6-15)9-14-19-12-7-10(16)11(17)8-13(12)20-14/h7-8,18H,2-6,9H2,1H3,(H,19,20). The average Bonchev–Trinajstić information content (AvgIpc) is 2.81. The number of rotatable bonds is 3. The summed E-state index contributed by atoms with van der Waals surface area (Å²) in [7, 11) is 2.03. The Morgan fingerprint density at radius 2 is 2.10 bits per heavy atom. The van der Waals surface area contributed by atoms with Crippen LogP contribution in [-0.4, -0.2) is 22.6 Å². The minimum Gasteiger partial charge on any atom is -0.342 e. The predicted octanol–water partition coefficient (Wildman–Crippen LogP) is 3.93. The van der Waals surface area contributed by atoms with Crippen molar-refractivity contribution in [2.75, 3.05) is 7.05 Å². The smallest absolute Gasteiger partial charge is 0.139 e. The van der Waals surface area contributed by atoms with Gasteiger partial charge in [-0.3, -0.25) is 0 Å². The Bertz CT molecular complexity index is 578. The van der Waals surface area contributed by atoms with Gasteiger partial charge in [-0.1, -0.05) is 19.3 Å². The van der Waals surface area contributed by atoms with Gasteiger partial charge in [0.05, 0.1) is 15.5 Å². The molecule has 0 saturated heterocycles. The van der Waals surface area contributed by atoms with Crippen molar-refractivity contribution in [2.45, 2.75) is 44.1 Å². The summed E-state index contributed by atoms with van der Waals surface area (Å²) in [4.78, 5) is 7.87. The van der Waals surface area contributed by atoms with E-state index in [9.17, 15) is 4.39 Å². The van der Waals surface area contributed by atoms with Crippen molar-refractivity contribution in [3.63, 3.8) is 0 Å². The number of nitrogens with one attached hydrogen (secondary N) is 2. The van der Waals surface area contributed by atoms with Crippen molar-refractivity contribution in [1.29, 1.82) is 0 Å². The highest BCUT2D eigenvalue weighted by molar-refractivity contribution is 9.10. The van der Waals surface area contributed by atoms with E-state index in [0.29, 0.717) is 4.47 Å². The van der Waals surface area contributed by atoms with Gasteiger partial charge in [-0.05, 0) is 41.9 Å². The summed E-state index contributed by atoms with van der Waals surface area (Å²) in [6.07, 6.45) is 7.08. The van der Waals surface area contributed by atoms with Gasteiger partial charge in [0.1, 0.15) is 11.6 Å². The van der Waals surface area contributed by atoms with Crippen LogP contribution < -0.4 is 5.32 Å². The van der Waals surface area contributed by atoms with Crippen molar-refractivity contribution in [3.05, 3.63) is 28.2 Å². The van der Waals surface area contributed by atoms with Crippen molar-refractivity contribution in [2.24, 2.45) is 0 Å². The highest BCUT2D eigenvalue weighted by Crippen LogP contribution is 2.31. The molecular weight excluding hydrogens is 321 g/mol. The number of likely N-dealkylation sites (N-methyl/N-ethyl adjacent to an activating group) is 1. The molecule has 3 nitrogen and oxygen atoms in total. The highest BCUT2D eigenvalue weighted by Gasteiger charge is 2.31. The Kier molecular flexibility index (Phi) is 3.82. The third kappa shape index (κ3) is 2.61. The minimum atomic E-state index is -0.256. The molecule has 1 aromatic heterocycles. The maximum absolute atomic E-state index is 13.6. The van der Waals surface area contributed by atoms with Gasteiger partial charge in [-0.2, -0.15) is 0 Å². The Hall–Kier alpha value is -0.940. The molecule has 1 aliphatic rings. The Balaban J connectivity index is 1.90. The molecule has 0 atom stereocenters. The number of hydrogen-bond donors (Lipinski definition) is 2. The second kappa shape index (κ2) is 5.45. The predicted molar refractivity (Wildman–Crippen MR) is 82.3 cm³/mol. The molecule has 0 bridgehead atoms. The van der Waals surface area contributed by atoms with Gasteiger partial charge in [0.2, 0.25) is 0 Å². The molecule has 5 heteroatoms. The zero-order chi connectivity index (χ0) is 14.2. The molecule has 2 N–H and O–H groups in total. The van der Waals surface area contributed by atoms with Gasteiger partial charge < -0.3 is 10.3 Å². The molecule has 1 heterocycles. The SMILES string of the molecule is CNC1(Cc2nc3cc(Br)c(F)cc3[nH]2)CCCCC1. The first-order chi connectivity index (χ1) is 9.62. The summed E-state index contributed by atoms with van der Waals surface area (Å²) in [5.41, 5.74) is 1.72.